The number of hydrogen-bond donors (Lipinski definition) is 3. The van der Waals surface area contributed by atoms with Crippen LogP contribution in [0.3, 0.4) is 0 Å². The molecular formula is C24H34N4O3. The van der Waals surface area contributed by atoms with E-state index >= 15 is 0 Å². The molecule has 0 bridgehead atoms. The maximum Gasteiger partial charge on any atom is 0.253 e. The molecule has 7 heteroatoms. The molecule has 0 fully saturated rings. The first-order valence-electron chi connectivity index (χ1n) is 10.6. The molecule has 3 N–H and O–H groups in total. The third-order valence-electron chi connectivity index (χ3n) is 4.68. The first kappa shape index (κ1) is 24.4. The maximum absolute atomic E-state index is 12.0. The van der Waals surface area contributed by atoms with Gasteiger partial charge in [-0.1, -0.05) is 42.5 Å². The Morgan fingerprint density at radius 1 is 1.10 bits per heavy atom. The molecule has 0 saturated carbocycles. The van der Waals surface area contributed by atoms with Crippen LogP contribution in [0.1, 0.15) is 41.4 Å². The Hall–Kier alpha value is -2.90. The number of aliphatic hydroxyl groups excluding tert-OH is 1. The monoisotopic (exact) mass is 426 g/mol. The van der Waals surface area contributed by atoms with Crippen molar-refractivity contribution in [1.82, 2.24) is 15.5 Å². The van der Waals surface area contributed by atoms with Crippen LogP contribution in [-0.4, -0.2) is 61.8 Å². The number of nitrogens with one attached hydrogen (secondary N) is 2. The van der Waals surface area contributed by atoms with Gasteiger partial charge < -0.3 is 25.4 Å². The van der Waals surface area contributed by atoms with E-state index in [-0.39, 0.29) is 18.6 Å². The lowest BCUT2D eigenvalue weighted by Crippen LogP contribution is -2.42. The van der Waals surface area contributed by atoms with Crippen molar-refractivity contribution in [2.24, 2.45) is 4.99 Å². The van der Waals surface area contributed by atoms with E-state index in [4.69, 9.17) is 4.74 Å². The van der Waals surface area contributed by atoms with Crippen molar-refractivity contribution in [3.05, 3.63) is 71.3 Å². The summed E-state index contributed by atoms with van der Waals surface area (Å²) < 4.78 is 5.78. The van der Waals surface area contributed by atoms with Gasteiger partial charge in [-0.25, -0.2) is 4.99 Å². The van der Waals surface area contributed by atoms with Crippen LogP contribution < -0.4 is 10.6 Å². The molecule has 0 heterocycles. The minimum absolute atomic E-state index is 0.0251. The molecule has 2 rings (SSSR count). The number of carbonyl (C=O) groups excluding carboxylic acids is 1. The van der Waals surface area contributed by atoms with Crippen LogP contribution in [0.4, 0.5) is 0 Å². The lowest BCUT2D eigenvalue weighted by Gasteiger charge is -2.18. The molecule has 0 spiro atoms. The minimum Gasteiger partial charge on any atom is -0.389 e. The molecule has 0 aromatic heterocycles. The normalized spacial score (nSPS) is 13.4. The van der Waals surface area contributed by atoms with Gasteiger partial charge in [0.15, 0.2) is 5.96 Å². The number of guanidine groups is 1. The fourth-order valence-corrected chi connectivity index (χ4v) is 2.87. The van der Waals surface area contributed by atoms with Crippen molar-refractivity contribution in [2.45, 2.75) is 32.6 Å². The summed E-state index contributed by atoms with van der Waals surface area (Å²) in [4.78, 5) is 18.1. The average molecular weight is 427 g/mol. The highest BCUT2D eigenvalue weighted by atomic mass is 16.5. The first-order valence-corrected chi connectivity index (χ1v) is 10.6. The highest BCUT2D eigenvalue weighted by molar-refractivity contribution is 5.93. The van der Waals surface area contributed by atoms with Crippen LogP contribution in [0.15, 0.2) is 59.6 Å². The molecule has 2 aromatic carbocycles. The summed E-state index contributed by atoms with van der Waals surface area (Å²) in [5.41, 5.74) is 2.72. The third-order valence-corrected chi connectivity index (χ3v) is 4.68. The molecule has 2 aromatic rings. The fourth-order valence-electron chi connectivity index (χ4n) is 2.87. The summed E-state index contributed by atoms with van der Waals surface area (Å²) in [7, 11) is 3.47. The van der Waals surface area contributed by atoms with E-state index in [1.165, 1.54) is 0 Å². The van der Waals surface area contributed by atoms with E-state index in [9.17, 15) is 9.90 Å². The van der Waals surface area contributed by atoms with Crippen molar-refractivity contribution in [3.8, 4) is 0 Å². The van der Waals surface area contributed by atoms with Crippen LogP contribution in [0.25, 0.3) is 0 Å². The Labute approximate surface area is 185 Å². The molecule has 7 nitrogen and oxygen atoms in total. The van der Waals surface area contributed by atoms with Crippen molar-refractivity contribution in [2.75, 3.05) is 33.8 Å². The number of aliphatic imine (C=N–C) groups is 1. The van der Waals surface area contributed by atoms with E-state index in [2.05, 4.69) is 15.6 Å². The van der Waals surface area contributed by atoms with Crippen molar-refractivity contribution >= 4 is 11.9 Å². The Bertz CT molecular complexity index is 822. The number of benzene rings is 2. The number of nitrogens with zero attached hydrogens (tertiary/aromatic N) is 2. The van der Waals surface area contributed by atoms with Crippen LogP contribution >= 0.6 is 0 Å². The molecular weight excluding hydrogens is 392 g/mol. The number of rotatable bonds is 10. The zero-order chi connectivity index (χ0) is 22.6. The molecule has 0 radical (unpaired) electrons. The third kappa shape index (κ3) is 8.39. The van der Waals surface area contributed by atoms with E-state index in [1.54, 1.807) is 19.0 Å². The lowest BCUT2D eigenvalue weighted by atomic mass is 10.1. The SMILES string of the molecule is CCNC(=NCc1ccc(C(=O)N(C)C)cc1)NCC(O)COC(C)c1ccccc1. The van der Waals surface area contributed by atoms with Gasteiger partial charge in [-0.05, 0) is 37.1 Å². The number of carbonyl (C=O) groups is 1. The summed E-state index contributed by atoms with van der Waals surface area (Å²) in [6.07, 6.45) is -0.744. The molecule has 168 valence electrons. The molecule has 0 aliphatic heterocycles. The van der Waals surface area contributed by atoms with Gasteiger partial charge in [0.1, 0.15) is 0 Å². The van der Waals surface area contributed by atoms with Crippen LogP contribution in [0, 0.1) is 0 Å². The average Bonchev–Trinajstić information content (AvgIpc) is 2.79. The van der Waals surface area contributed by atoms with E-state index < -0.39 is 6.10 Å². The Morgan fingerprint density at radius 3 is 2.39 bits per heavy atom. The largest absolute Gasteiger partial charge is 0.389 e. The van der Waals surface area contributed by atoms with Gasteiger partial charge in [0.25, 0.3) is 5.91 Å². The summed E-state index contributed by atoms with van der Waals surface area (Å²) in [5, 5.41) is 16.6. The summed E-state index contributed by atoms with van der Waals surface area (Å²) >= 11 is 0. The van der Waals surface area contributed by atoms with Gasteiger partial charge in [0, 0.05) is 32.7 Å². The minimum atomic E-state index is -0.661. The quantitative estimate of drug-likeness (QED) is 0.402. The number of ether oxygens (including phenoxy) is 1. The topological polar surface area (TPSA) is 86.2 Å². The van der Waals surface area contributed by atoms with E-state index in [0.29, 0.717) is 31.2 Å². The number of aliphatic hydroxyl groups is 1. The molecule has 31 heavy (non-hydrogen) atoms. The highest BCUT2D eigenvalue weighted by Gasteiger charge is 2.11. The number of hydrogen-bond acceptors (Lipinski definition) is 4. The Kier molecular flexibility index (Phi) is 10.00. The van der Waals surface area contributed by atoms with Crippen molar-refractivity contribution in [3.63, 3.8) is 0 Å². The molecule has 0 aliphatic rings. The predicted octanol–water partition coefficient (Wildman–Crippen LogP) is 2.58. The second-order valence-corrected chi connectivity index (χ2v) is 7.51. The maximum atomic E-state index is 12.0. The summed E-state index contributed by atoms with van der Waals surface area (Å²) in [6, 6.07) is 17.3. The van der Waals surface area contributed by atoms with Crippen molar-refractivity contribution < 1.29 is 14.6 Å². The molecule has 0 aliphatic carbocycles. The van der Waals surface area contributed by atoms with Crippen LogP contribution in [0.5, 0.6) is 0 Å². The lowest BCUT2D eigenvalue weighted by molar-refractivity contribution is -0.000599. The van der Waals surface area contributed by atoms with Gasteiger partial charge >= 0.3 is 0 Å². The van der Waals surface area contributed by atoms with Gasteiger partial charge in [-0.2, -0.15) is 0 Å². The van der Waals surface area contributed by atoms with Crippen molar-refractivity contribution in [1.29, 1.82) is 0 Å². The van der Waals surface area contributed by atoms with Gasteiger partial charge in [0.2, 0.25) is 0 Å². The zero-order valence-electron chi connectivity index (χ0n) is 18.8. The van der Waals surface area contributed by atoms with Gasteiger partial charge in [-0.3, -0.25) is 4.79 Å². The first-order chi connectivity index (χ1) is 14.9. The standard InChI is InChI=1S/C24H34N4O3/c1-5-25-24(26-15-19-11-13-21(14-12-19)23(30)28(3)4)27-16-22(29)17-31-18(2)20-9-7-6-8-10-20/h6-14,18,22,29H,5,15-17H2,1-4H3,(H2,25,26,27). The second-order valence-electron chi connectivity index (χ2n) is 7.51. The number of amides is 1. The second kappa shape index (κ2) is 12.7. The van der Waals surface area contributed by atoms with E-state index in [0.717, 1.165) is 11.1 Å². The molecule has 1 amide bonds. The van der Waals surface area contributed by atoms with Gasteiger partial charge in [-0.15, -0.1) is 0 Å². The van der Waals surface area contributed by atoms with Gasteiger partial charge in [0.05, 0.1) is 25.4 Å². The van der Waals surface area contributed by atoms with Crippen LogP contribution in [0.2, 0.25) is 0 Å². The Balaban J connectivity index is 1.83. The summed E-state index contributed by atoms with van der Waals surface area (Å²) in [6.45, 7) is 5.68. The summed E-state index contributed by atoms with van der Waals surface area (Å²) in [5.74, 6) is 0.592. The predicted molar refractivity (Wildman–Crippen MR) is 124 cm³/mol. The zero-order valence-corrected chi connectivity index (χ0v) is 18.8. The Morgan fingerprint density at radius 2 is 1.77 bits per heavy atom. The smallest absolute Gasteiger partial charge is 0.253 e. The molecule has 2 unspecified atom stereocenters. The molecule has 0 saturated heterocycles. The molecule has 2 atom stereocenters. The highest BCUT2D eigenvalue weighted by Crippen LogP contribution is 2.15. The fraction of sp³-hybridized carbons (Fsp3) is 0.417. The van der Waals surface area contributed by atoms with Crippen LogP contribution in [-0.2, 0) is 11.3 Å². The van der Waals surface area contributed by atoms with E-state index in [1.807, 2.05) is 68.4 Å².